The summed E-state index contributed by atoms with van der Waals surface area (Å²) in [4.78, 5) is 28.5. The maximum absolute atomic E-state index is 12.7. The molecule has 0 spiro atoms. The molecule has 1 amide bonds. The quantitative estimate of drug-likeness (QED) is 0.665. The molecule has 2 aromatic rings. The van der Waals surface area contributed by atoms with Crippen molar-refractivity contribution in [3.63, 3.8) is 0 Å². The van der Waals surface area contributed by atoms with Crippen molar-refractivity contribution < 1.29 is 14.7 Å². The molecule has 0 saturated carbocycles. The number of amides is 1. The predicted molar refractivity (Wildman–Crippen MR) is 89.3 cm³/mol. The summed E-state index contributed by atoms with van der Waals surface area (Å²) in [6.45, 7) is 3.78. The van der Waals surface area contributed by atoms with E-state index in [1.54, 1.807) is 12.3 Å². The highest BCUT2D eigenvalue weighted by molar-refractivity contribution is 6.06. The van der Waals surface area contributed by atoms with Crippen LogP contribution in [0.4, 0.5) is 0 Å². The van der Waals surface area contributed by atoms with Gasteiger partial charge in [-0.1, -0.05) is 24.3 Å². The first kappa shape index (κ1) is 16.4. The van der Waals surface area contributed by atoms with Crippen molar-refractivity contribution in [2.45, 2.75) is 32.0 Å². The molecule has 7 nitrogen and oxygen atoms in total. The third-order valence-electron chi connectivity index (χ3n) is 4.52. The fourth-order valence-corrected chi connectivity index (χ4v) is 3.30. The van der Waals surface area contributed by atoms with E-state index in [9.17, 15) is 14.7 Å². The van der Waals surface area contributed by atoms with Crippen LogP contribution in [-0.2, 0) is 4.79 Å². The van der Waals surface area contributed by atoms with Gasteiger partial charge in [-0.2, -0.15) is 0 Å². The summed E-state index contributed by atoms with van der Waals surface area (Å²) in [5, 5.41) is 13.8. The van der Waals surface area contributed by atoms with Crippen molar-refractivity contribution in [2.75, 3.05) is 0 Å². The van der Waals surface area contributed by atoms with E-state index >= 15 is 0 Å². The van der Waals surface area contributed by atoms with Crippen LogP contribution in [0.15, 0.2) is 36.5 Å². The molecule has 2 heterocycles. The van der Waals surface area contributed by atoms with E-state index in [-0.39, 0.29) is 23.7 Å². The van der Waals surface area contributed by atoms with Crippen molar-refractivity contribution in [3.8, 4) is 0 Å². The third kappa shape index (κ3) is 2.95. The first-order valence-corrected chi connectivity index (χ1v) is 7.87. The van der Waals surface area contributed by atoms with E-state index in [1.165, 1.54) is 0 Å². The summed E-state index contributed by atoms with van der Waals surface area (Å²) in [7, 11) is 0. The van der Waals surface area contributed by atoms with Gasteiger partial charge in [0.1, 0.15) is 11.7 Å². The Morgan fingerprint density at radius 3 is 2.50 bits per heavy atom. The zero-order valence-corrected chi connectivity index (χ0v) is 13.5. The number of carboxylic acids is 1. The predicted octanol–water partition coefficient (Wildman–Crippen LogP) is 0.919. The number of nitrogens with zero attached hydrogens (tertiary/aromatic N) is 1. The molecule has 0 bridgehead atoms. The molecule has 0 radical (unpaired) electrons. The fourth-order valence-electron chi connectivity index (χ4n) is 3.30. The van der Waals surface area contributed by atoms with Crippen molar-refractivity contribution in [2.24, 2.45) is 5.92 Å². The highest BCUT2D eigenvalue weighted by atomic mass is 16.4. The van der Waals surface area contributed by atoms with Gasteiger partial charge in [-0.05, 0) is 25.3 Å². The van der Waals surface area contributed by atoms with Gasteiger partial charge in [0.2, 0.25) is 0 Å². The largest absolute Gasteiger partial charge is 0.480 e. The Hall–Kier alpha value is -2.51. The van der Waals surface area contributed by atoms with Crippen molar-refractivity contribution in [1.82, 2.24) is 21.2 Å². The van der Waals surface area contributed by atoms with E-state index in [1.807, 2.05) is 38.1 Å². The Morgan fingerprint density at radius 1 is 1.17 bits per heavy atom. The minimum absolute atomic E-state index is 0.0816. The Morgan fingerprint density at radius 2 is 1.83 bits per heavy atom. The molecular weight excluding hydrogens is 308 g/mol. The number of pyridine rings is 1. The number of carbonyl (C=O) groups is 2. The van der Waals surface area contributed by atoms with E-state index < -0.39 is 17.9 Å². The highest BCUT2D eigenvalue weighted by Crippen LogP contribution is 2.21. The summed E-state index contributed by atoms with van der Waals surface area (Å²) < 4.78 is 0. The summed E-state index contributed by atoms with van der Waals surface area (Å²) in [6, 6.07) is 8.03. The average molecular weight is 328 g/mol. The maximum Gasteiger partial charge on any atom is 0.326 e. The highest BCUT2D eigenvalue weighted by Gasteiger charge is 2.41. The smallest absolute Gasteiger partial charge is 0.326 e. The Kier molecular flexibility index (Phi) is 4.46. The van der Waals surface area contributed by atoms with Gasteiger partial charge in [-0.3, -0.25) is 20.6 Å². The van der Waals surface area contributed by atoms with Gasteiger partial charge >= 0.3 is 5.97 Å². The Bertz CT molecular complexity index is 764. The number of nitrogens with one attached hydrogen (secondary N) is 3. The van der Waals surface area contributed by atoms with E-state index in [4.69, 9.17) is 0 Å². The minimum Gasteiger partial charge on any atom is -0.480 e. The number of rotatable bonds is 4. The minimum atomic E-state index is -1.06. The number of carboxylic acid groups (broad SMARTS) is 1. The number of hydrogen-bond acceptors (Lipinski definition) is 5. The molecule has 1 aromatic carbocycles. The first-order valence-electron chi connectivity index (χ1n) is 7.87. The van der Waals surface area contributed by atoms with Gasteiger partial charge in [0, 0.05) is 29.6 Å². The monoisotopic (exact) mass is 328 g/mol. The van der Waals surface area contributed by atoms with Crippen LogP contribution >= 0.6 is 0 Å². The topological polar surface area (TPSA) is 103 Å². The van der Waals surface area contributed by atoms with Gasteiger partial charge < -0.3 is 10.4 Å². The molecule has 1 aliphatic heterocycles. The van der Waals surface area contributed by atoms with Crippen LogP contribution in [-0.4, -0.2) is 40.1 Å². The SMILES string of the molecule is CC1NNC(C)C1C(NC(=O)c1nccc2ccccc12)C(=O)O. The van der Waals surface area contributed by atoms with Crippen LogP contribution in [0.1, 0.15) is 24.3 Å². The lowest BCUT2D eigenvalue weighted by molar-refractivity contribution is -0.141. The van der Waals surface area contributed by atoms with Gasteiger partial charge in [0.05, 0.1) is 0 Å². The summed E-state index contributed by atoms with van der Waals surface area (Å²) in [5.74, 6) is -1.82. The Labute approximate surface area is 139 Å². The van der Waals surface area contributed by atoms with Gasteiger partial charge in [-0.25, -0.2) is 4.79 Å². The molecule has 1 saturated heterocycles. The number of fused-ring (bicyclic) bond motifs is 1. The number of hydrazine groups is 1. The number of carbonyl (C=O) groups excluding carboxylic acids is 1. The molecule has 4 N–H and O–H groups in total. The molecule has 126 valence electrons. The average Bonchev–Trinajstić information content (AvgIpc) is 2.90. The van der Waals surface area contributed by atoms with Crippen LogP contribution in [0, 0.1) is 5.92 Å². The van der Waals surface area contributed by atoms with Gasteiger partial charge in [0.15, 0.2) is 0 Å². The zero-order chi connectivity index (χ0) is 17.3. The molecule has 1 fully saturated rings. The lowest BCUT2D eigenvalue weighted by Crippen LogP contribution is -2.51. The lowest BCUT2D eigenvalue weighted by atomic mass is 9.88. The lowest BCUT2D eigenvalue weighted by Gasteiger charge is -2.26. The summed E-state index contributed by atoms with van der Waals surface area (Å²) in [6.07, 6.45) is 1.55. The van der Waals surface area contributed by atoms with Crippen molar-refractivity contribution in [3.05, 3.63) is 42.2 Å². The van der Waals surface area contributed by atoms with Crippen LogP contribution in [0.5, 0.6) is 0 Å². The molecule has 1 aliphatic rings. The van der Waals surface area contributed by atoms with Crippen molar-refractivity contribution in [1.29, 1.82) is 0 Å². The standard InChI is InChI=1S/C17H20N4O3/c1-9-13(10(2)21-20-9)15(17(23)24)19-16(22)14-12-6-4-3-5-11(12)7-8-18-14/h3-10,13,15,20-21H,1-2H3,(H,19,22)(H,23,24). The van der Waals surface area contributed by atoms with Gasteiger partial charge in [0.25, 0.3) is 5.91 Å². The van der Waals surface area contributed by atoms with E-state index in [0.29, 0.717) is 5.39 Å². The molecule has 7 heteroatoms. The second-order valence-corrected chi connectivity index (χ2v) is 6.11. The second-order valence-electron chi connectivity index (χ2n) is 6.11. The molecule has 24 heavy (non-hydrogen) atoms. The molecule has 0 aliphatic carbocycles. The first-order chi connectivity index (χ1) is 11.5. The van der Waals surface area contributed by atoms with Gasteiger partial charge in [-0.15, -0.1) is 0 Å². The zero-order valence-electron chi connectivity index (χ0n) is 13.5. The second kappa shape index (κ2) is 6.54. The van der Waals surface area contributed by atoms with E-state index in [2.05, 4.69) is 21.2 Å². The number of hydrogen-bond donors (Lipinski definition) is 4. The number of aliphatic carboxylic acids is 1. The van der Waals surface area contributed by atoms with Crippen LogP contribution in [0.3, 0.4) is 0 Å². The van der Waals surface area contributed by atoms with Crippen LogP contribution in [0.25, 0.3) is 10.8 Å². The molecule has 3 atom stereocenters. The number of aromatic nitrogens is 1. The van der Waals surface area contributed by atoms with Crippen LogP contribution < -0.4 is 16.2 Å². The molecule has 3 unspecified atom stereocenters. The number of benzene rings is 1. The van der Waals surface area contributed by atoms with Crippen molar-refractivity contribution >= 4 is 22.6 Å². The maximum atomic E-state index is 12.7. The van der Waals surface area contributed by atoms with E-state index in [0.717, 1.165) is 5.39 Å². The molecule has 1 aromatic heterocycles. The summed E-state index contributed by atoms with van der Waals surface area (Å²) >= 11 is 0. The molecular formula is C17H20N4O3. The summed E-state index contributed by atoms with van der Waals surface area (Å²) in [5.41, 5.74) is 6.27. The van der Waals surface area contributed by atoms with Crippen LogP contribution in [0.2, 0.25) is 0 Å². The fraction of sp³-hybridized carbons (Fsp3) is 0.353. The molecule has 3 rings (SSSR count). The Balaban J connectivity index is 1.90. The third-order valence-corrected chi connectivity index (χ3v) is 4.52. The normalized spacial score (nSPS) is 24.7.